The maximum absolute atomic E-state index is 13.3. The Morgan fingerprint density at radius 3 is 1.79 bits per heavy atom. The van der Waals surface area contributed by atoms with Gasteiger partial charge in [0.15, 0.2) is 0 Å². The van der Waals surface area contributed by atoms with E-state index in [4.69, 9.17) is 4.52 Å². The molecule has 0 aromatic carbocycles. The van der Waals surface area contributed by atoms with Crippen LogP contribution in [0.4, 0.5) is 0 Å². The van der Waals surface area contributed by atoms with Crippen molar-refractivity contribution in [1.29, 1.82) is 0 Å². The molecule has 2 nitrogen and oxygen atoms in total. The van der Waals surface area contributed by atoms with E-state index in [1.807, 2.05) is 0 Å². The first kappa shape index (κ1) is 19.6. The van der Waals surface area contributed by atoms with Gasteiger partial charge in [0.2, 0.25) is 7.06 Å². The zero-order chi connectivity index (χ0) is 14.7. The predicted molar refractivity (Wildman–Crippen MR) is 90.1 cm³/mol. The van der Waals surface area contributed by atoms with E-state index in [1.165, 1.54) is 25.7 Å². The second kappa shape index (κ2) is 11.3. The smallest absolute Gasteiger partial charge is 0.224 e. The van der Waals surface area contributed by atoms with Gasteiger partial charge in [0.25, 0.3) is 0 Å². The molecule has 1 unspecified atom stereocenters. The van der Waals surface area contributed by atoms with Gasteiger partial charge in [-0.15, -0.1) is 0 Å². The average Bonchev–Trinajstić information content (AvgIpc) is 2.38. The van der Waals surface area contributed by atoms with Gasteiger partial charge in [-0.05, 0) is 39.2 Å². The second-order valence-electron chi connectivity index (χ2n) is 5.51. The molecule has 0 aromatic rings. The highest BCUT2D eigenvalue weighted by Crippen LogP contribution is 2.78. The topological polar surface area (TPSA) is 26.3 Å². The summed E-state index contributed by atoms with van der Waals surface area (Å²) in [5, 5.41) is 0. The molecule has 0 rings (SSSR count). The lowest BCUT2D eigenvalue weighted by Crippen LogP contribution is -2.06. The first-order valence-corrected chi connectivity index (χ1v) is 12.1. The quantitative estimate of drug-likeness (QED) is 0.304. The van der Waals surface area contributed by atoms with Gasteiger partial charge in [0, 0.05) is 5.66 Å². The zero-order valence-electron chi connectivity index (χ0n) is 13.7. The molecule has 0 aliphatic carbocycles. The van der Waals surface area contributed by atoms with Crippen LogP contribution in [-0.4, -0.2) is 24.6 Å². The lowest BCUT2D eigenvalue weighted by atomic mass is 10.4. The average molecular weight is 308 g/mol. The summed E-state index contributed by atoms with van der Waals surface area (Å²) in [5.74, 6) is 0. The molecule has 0 spiro atoms. The number of rotatable bonds is 12. The molecule has 0 aliphatic rings. The van der Waals surface area contributed by atoms with E-state index in [0.717, 1.165) is 25.2 Å². The molecule has 4 heteroatoms. The summed E-state index contributed by atoms with van der Waals surface area (Å²) >= 11 is 0. The molecule has 0 saturated heterocycles. The highest BCUT2D eigenvalue weighted by Gasteiger charge is 2.36. The van der Waals surface area contributed by atoms with Crippen LogP contribution in [0.1, 0.15) is 73.1 Å². The van der Waals surface area contributed by atoms with Gasteiger partial charge in [0.05, 0.1) is 6.61 Å². The molecular weight excluding hydrogens is 274 g/mol. The van der Waals surface area contributed by atoms with Crippen molar-refractivity contribution in [1.82, 2.24) is 0 Å². The Balaban J connectivity index is 4.74. The Morgan fingerprint density at radius 1 is 0.947 bits per heavy atom. The molecule has 0 fully saturated rings. The third-order valence-corrected chi connectivity index (χ3v) is 13.0. The molecule has 0 saturated carbocycles. The lowest BCUT2D eigenvalue weighted by Gasteiger charge is -2.31. The predicted octanol–water partition coefficient (Wildman–Crippen LogP) is 6.49. The van der Waals surface area contributed by atoms with Crippen LogP contribution in [0.25, 0.3) is 0 Å². The van der Waals surface area contributed by atoms with E-state index in [-0.39, 0.29) is 5.66 Å². The Morgan fingerprint density at radius 2 is 1.42 bits per heavy atom. The third-order valence-electron chi connectivity index (χ3n) is 3.36. The largest absolute Gasteiger partial charge is 0.325 e. The number of hydrogen-bond donors (Lipinski definition) is 0. The maximum Gasteiger partial charge on any atom is 0.224 e. The van der Waals surface area contributed by atoms with Crippen LogP contribution in [0, 0.1) is 0 Å². The van der Waals surface area contributed by atoms with Crippen molar-refractivity contribution < 1.29 is 9.09 Å². The van der Waals surface area contributed by atoms with E-state index >= 15 is 0 Å². The molecule has 0 radical (unpaired) electrons. The van der Waals surface area contributed by atoms with Crippen molar-refractivity contribution >= 4 is 14.7 Å². The number of hydrogen-bond acceptors (Lipinski definition) is 2. The highest BCUT2D eigenvalue weighted by atomic mass is 32.1. The molecule has 0 amide bonds. The summed E-state index contributed by atoms with van der Waals surface area (Å²) in [6.07, 6.45) is 9.19. The molecule has 0 N–H and O–H groups in total. The normalized spacial score (nSPS) is 15.1. The molecule has 0 aromatic heterocycles. The Hall–Kier alpha value is 0.620. The van der Waals surface area contributed by atoms with Crippen molar-refractivity contribution in [3.63, 3.8) is 0 Å². The fourth-order valence-electron chi connectivity index (χ4n) is 1.97. The zero-order valence-corrected chi connectivity index (χ0v) is 15.4. The van der Waals surface area contributed by atoms with Crippen LogP contribution in [0.5, 0.6) is 0 Å². The van der Waals surface area contributed by atoms with Gasteiger partial charge in [-0.2, -0.15) is 0 Å². The first-order chi connectivity index (χ1) is 9.02. The lowest BCUT2D eigenvalue weighted by molar-refractivity contribution is 0.312. The monoisotopic (exact) mass is 308 g/mol. The minimum absolute atomic E-state index is 0.184. The van der Waals surface area contributed by atoms with E-state index in [9.17, 15) is 4.57 Å². The van der Waals surface area contributed by atoms with Gasteiger partial charge >= 0.3 is 0 Å². The van der Waals surface area contributed by atoms with E-state index in [2.05, 4.69) is 34.6 Å². The van der Waals surface area contributed by atoms with Crippen LogP contribution in [-0.2, 0) is 9.09 Å². The molecule has 1 atom stereocenters. The third kappa shape index (κ3) is 7.26. The minimum atomic E-state index is -2.43. The maximum atomic E-state index is 13.3. The van der Waals surface area contributed by atoms with Crippen LogP contribution >= 0.6 is 14.7 Å². The molecule has 0 aliphatic heterocycles. The summed E-state index contributed by atoms with van der Waals surface area (Å²) in [7, 11) is -2.87. The van der Waals surface area contributed by atoms with Crippen molar-refractivity contribution in [3.05, 3.63) is 0 Å². The molecule has 19 heavy (non-hydrogen) atoms. The number of unbranched alkanes of at least 4 members (excludes halogenated alkanes) is 3. The van der Waals surface area contributed by atoms with Gasteiger partial charge in [0.1, 0.15) is 0 Å². The Labute approximate surface area is 122 Å². The highest BCUT2D eigenvalue weighted by molar-refractivity contribution is 8.31. The van der Waals surface area contributed by atoms with Crippen molar-refractivity contribution in [2.45, 2.75) is 78.8 Å². The van der Waals surface area contributed by atoms with Crippen molar-refractivity contribution in [3.8, 4) is 0 Å². The van der Waals surface area contributed by atoms with Crippen LogP contribution in [0.3, 0.4) is 0 Å². The van der Waals surface area contributed by atoms with Gasteiger partial charge in [-0.25, -0.2) is 0 Å². The minimum Gasteiger partial charge on any atom is -0.325 e. The second-order valence-corrected chi connectivity index (χ2v) is 13.2. The fourth-order valence-corrected chi connectivity index (χ4v) is 10.8. The Bertz CT molecular complexity index is 247. The summed E-state index contributed by atoms with van der Waals surface area (Å²) in [6, 6.07) is 0. The first-order valence-electron chi connectivity index (χ1n) is 8.02. The molecular formula is C15H34O2P2. The van der Waals surface area contributed by atoms with Crippen molar-refractivity contribution in [2.75, 3.05) is 18.9 Å². The van der Waals surface area contributed by atoms with Crippen LogP contribution < -0.4 is 0 Å². The van der Waals surface area contributed by atoms with Gasteiger partial charge in [-0.1, -0.05) is 53.9 Å². The van der Waals surface area contributed by atoms with Crippen molar-refractivity contribution in [2.24, 2.45) is 0 Å². The fraction of sp³-hybridized carbons (Fsp3) is 1.00. The van der Waals surface area contributed by atoms with E-state index in [1.54, 1.807) is 0 Å². The summed E-state index contributed by atoms with van der Waals surface area (Å²) < 4.78 is 19.3. The SMILES string of the molecule is CCCCOP(=O)(C(C)C)P(CCCC)CCCC. The standard InChI is InChI=1S/C15H34O2P2/c1-6-9-12-17-19(16,15(4)5)18(13-10-7-2)14-11-8-3/h15H,6-14H2,1-5H3. The van der Waals surface area contributed by atoms with Gasteiger partial charge < -0.3 is 4.52 Å². The van der Waals surface area contributed by atoms with Crippen LogP contribution in [0.2, 0.25) is 0 Å². The summed E-state index contributed by atoms with van der Waals surface area (Å²) in [5.41, 5.74) is 0.184. The van der Waals surface area contributed by atoms with E-state index in [0.29, 0.717) is 6.61 Å². The Kier molecular flexibility index (Phi) is 11.7. The van der Waals surface area contributed by atoms with Crippen LogP contribution in [0.15, 0.2) is 0 Å². The van der Waals surface area contributed by atoms with Gasteiger partial charge in [-0.3, -0.25) is 4.57 Å². The molecule has 116 valence electrons. The molecule has 0 heterocycles. The summed E-state index contributed by atoms with van der Waals surface area (Å²) in [6.45, 7) is 11.4. The van der Waals surface area contributed by atoms with E-state index < -0.39 is 14.7 Å². The summed E-state index contributed by atoms with van der Waals surface area (Å²) in [4.78, 5) is 0. The molecule has 0 bridgehead atoms.